The largest absolute Gasteiger partial charge is 0.497 e. The Kier molecular flexibility index (Phi) is 8.75. The third kappa shape index (κ3) is 5.81. The summed E-state index contributed by atoms with van der Waals surface area (Å²) in [6.45, 7) is 0.913. The van der Waals surface area contributed by atoms with Gasteiger partial charge < -0.3 is 10.1 Å². The molecule has 0 aliphatic carbocycles. The number of hydrogen-bond acceptors (Lipinski definition) is 3. The Morgan fingerprint density at radius 2 is 1.63 bits per heavy atom. The van der Waals surface area contributed by atoms with Crippen molar-refractivity contribution in [2.24, 2.45) is 0 Å². The molecule has 0 saturated heterocycles. The minimum absolute atomic E-state index is 0. The van der Waals surface area contributed by atoms with E-state index in [4.69, 9.17) is 4.74 Å². The lowest BCUT2D eigenvalue weighted by molar-refractivity contribution is 0.414. The van der Waals surface area contributed by atoms with Crippen LogP contribution < -0.4 is 10.1 Å². The van der Waals surface area contributed by atoms with Gasteiger partial charge in [-0.1, -0.05) is 12.1 Å². The first-order valence-corrected chi connectivity index (χ1v) is 5.65. The van der Waals surface area contributed by atoms with E-state index in [1.165, 1.54) is 5.56 Å². The summed E-state index contributed by atoms with van der Waals surface area (Å²) in [6.07, 6.45) is 4.57. The zero-order chi connectivity index (χ0) is 11.9. The lowest BCUT2D eigenvalue weighted by atomic mass is 10.1. The maximum Gasteiger partial charge on any atom is 0.118 e. The summed E-state index contributed by atoms with van der Waals surface area (Å²) in [5.41, 5.74) is 2.40. The lowest BCUT2D eigenvalue weighted by Crippen LogP contribution is -2.04. The Morgan fingerprint density at radius 3 is 2.21 bits per heavy atom. The van der Waals surface area contributed by atoms with Crippen LogP contribution in [0.1, 0.15) is 5.56 Å². The molecule has 0 aliphatic heterocycles. The van der Waals surface area contributed by atoms with E-state index in [-0.39, 0.29) is 24.8 Å². The van der Waals surface area contributed by atoms with Gasteiger partial charge in [-0.15, -0.1) is 24.8 Å². The number of halogens is 2. The van der Waals surface area contributed by atoms with Crippen molar-refractivity contribution in [3.63, 3.8) is 0 Å². The first-order valence-electron chi connectivity index (χ1n) is 5.65. The minimum atomic E-state index is 0. The van der Waals surface area contributed by atoms with Gasteiger partial charge in [-0.3, -0.25) is 4.98 Å². The maximum atomic E-state index is 5.12. The summed E-state index contributed by atoms with van der Waals surface area (Å²) in [7, 11) is 1.68. The second-order valence-corrected chi connectivity index (χ2v) is 3.76. The van der Waals surface area contributed by atoms with Crippen LogP contribution >= 0.6 is 24.8 Å². The van der Waals surface area contributed by atoms with Crippen LogP contribution in [0.5, 0.6) is 5.75 Å². The number of nitrogens with one attached hydrogen (secondary N) is 1. The normalized spacial score (nSPS) is 8.89. The topological polar surface area (TPSA) is 34.1 Å². The van der Waals surface area contributed by atoms with E-state index in [1.54, 1.807) is 19.5 Å². The number of hydrogen-bond donors (Lipinski definition) is 1. The SMILES string of the molecule is COc1ccc(CCNc2ccncc2)cc1.Cl.Cl. The number of rotatable bonds is 5. The van der Waals surface area contributed by atoms with Gasteiger partial charge in [-0.2, -0.15) is 0 Å². The number of methoxy groups -OCH3 is 1. The van der Waals surface area contributed by atoms with Crippen LogP contribution in [-0.4, -0.2) is 18.6 Å². The standard InChI is InChI=1S/C14H16N2O.2ClH/c1-17-14-4-2-12(3-5-14)6-11-16-13-7-9-15-10-8-13;;/h2-5,7-10H,6,11H2,1H3,(H,15,16);2*1H. The Hall–Kier alpha value is -1.45. The van der Waals surface area contributed by atoms with E-state index in [1.807, 2.05) is 24.3 Å². The summed E-state index contributed by atoms with van der Waals surface area (Å²) in [6, 6.07) is 12.1. The van der Waals surface area contributed by atoms with Crippen LogP contribution in [0.25, 0.3) is 0 Å². The molecule has 2 rings (SSSR count). The molecule has 2 aromatic rings. The molecule has 1 aromatic carbocycles. The highest BCUT2D eigenvalue weighted by Gasteiger charge is 1.95. The Balaban J connectivity index is 0.00000162. The van der Waals surface area contributed by atoms with Gasteiger partial charge >= 0.3 is 0 Å². The monoisotopic (exact) mass is 300 g/mol. The number of nitrogens with zero attached hydrogens (tertiary/aromatic N) is 1. The molecule has 104 valence electrons. The first kappa shape index (κ1) is 17.6. The molecule has 0 spiro atoms. The highest BCUT2D eigenvalue weighted by molar-refractivity contribution is 5.85. The fourth-order valence-electron chi connectivity index (χ4n) is 1.61. The minimum Gasteiger partial charge on any atom is -0.497 e. The molecule has 0 bridgehead atoms. The fourth-order valence-corrected chi connectivity index (χ4v) is 1.61. The van der Waals surface area contributed by atoms with Gasteiger partial charge in [-0.05, 0) is 36.2 Å². The zero-order valence-corrected chi connectivity index (χ0v) is 12.3. The molecule has 0 fully saturated rings. The molecule has 0 unspecified atom stereocenters. The van der Waals surface area contributed by atoms with Crippen LogP contribution in [0.2, 0.25) is 0 Å². The van der Waals surface area contributed by atoms with Gasteiger partial charge in [0.25, 0.3) is 0 Å². The van der Waals surface area contributed by atoms with E-state index in [0.29, 0.717) is 0 Å². The van der Waals surface area contributed by atoms with Crippen molar-refractivity contribution in [2.75, 3.05) is 19.0 Å². The Labute approximate surface area is 126 Å². The second kappa shape index (κ2) is 9.48. The molecule has 0 aliphatic rings. The van der Waals surface area contributed by atoms with Crippen molar-refractivity contribution < 1.29 is 4.74 Å². The molecule has 1 aromatic heterocycles. The average Bonchev–Trinajstić information content (AvgIpc) is 2.41. The number of aromatic nitrogens is 1. The van der Waals surface area contributed by atoms with Gasteiger partial charge in [-0.25, -0.2) is 0 Å². The molecule has 3 nitrogen and oxygen atoms in total. The van der Waals surface area contributed by atoms with Crippen molar-refractivity contribution in [3.8, 4) is 5.75 Å². The van der Waals surface area contributed by atoms with E-state index in [9.17, 15) is 0 Å². The summed E-state index contributed by atoms with van der Waals surface area (Å²) in [5.74, 6) is 0.899. The Bertz CT molecular complexity index is 449. The highest BCUT2D eigenvalue weighted by atomic mass is 35.5. The van der Waals surface area contributed by atoms with Crippen LogP contribution in [0.15, 0.2) is 48.8 Å². The van der Waals surface area contributed by atoms with Crippen molar-refractivity contribution >= 4 is 30.5 Å². The molecular weight excluding hydrogens is 283 g/mol. The van der Waals surface area contributed by atoms with Gasteiger partial charge in [0.2, 0.25) is 0 Å². The molecule has 19 heavy (non-hydrogen) atoms. The van der Waals surface area contributed by atoms with E-state index in [2.05, 4.69) is 22.4 Å². The molecule has 1 N–H and O–H groups in total. The zero-order valence-electron chi connectivity index (χ0n) is 10.7. The van der Waals surface area contributed by atoms with E-state index >= 15 is 0 Å². The molecule has 0 radical (unpaired) electrons. The van der Waals surface area contributed by atoms with Crippen molar-refractivity contribution in [3.05, 3.63) is 54.4 Å². The molecule has 5 heteroatoms. The van der Waals surface area contributed by atoms with Gasteiger partial charge in [0.15, 0.2) is 0 Å². The highest BCUT2D eigenvalue weighted by Crippen LogP contribution is 2.12. The van der Waals surface area contributed by atoms with Gasteiger partial charge in [0.1, 0.15) is 5.75 Å². The first-order chi connectivity index (χ1) is 8.38. The molecule has 0 amide bonds. The third-order valence-electron chi connectivity index (χ3n) is 2.58. The quantitative estimate of drug-likeness (QED) is 0.916. The predicted molar refractivity (Wildman–Crippen MR) is 83.9 cm³/mol. The molecule has 0 atom stereocenters. The number of ether oxygens (including phenoxy) is 1. The molecule has 0 saturated carbocycles. The van der Waals surface area contributed by atoms with E-state index in [0.717, 1.165) is 24.4 Å². The predicted octanol–water partition coefficient (Wildman–Crippen LogP) is 3.59. The summed E-state index contributed by atoms with van der Waals surface area (Å²) in [4.78, 5) is 3.98. The van der Waals surface area contributed by atoms with Crippen molar-refractivity contribution in [2.45, 2.75) is 6.42 Å². The summed E-state index contributed by atoms with van der Waals surface area (Å²) >= 11 is 0. The fraction of sp³-hybridized carbons (Fsp3) is 0.214. The van der Waals surface area contributed by atoms with Gasteiger partial charge in [0, 0.05) is 24.6 Å². The average molecular weight is 301 g/mol. The maximum absolute atomic E-state index is 5.12. The van der Waals surface area contributed by atoms with Crippen molar-refractivity contribution in [1.29, 1.82) is 0 Å². The van der Waals surface area contributed by atoms with Crippen LogP contribution in [0.3, 0.4) is 0 Å². The van der Waals surface area contributed by atoms with Crippen LogP contribution in [0.4, 0.5) is 5.69 Å². The molecule has 1 heterocycles. The van der Waals surface area contributed by atoms with Crippen LogP contribution in [-0.2, 0) is 6.42 Å². The number of pyridine rings is 1. The molecular formula is C14H18Cl2N2O. The number of benzene rings is 1. The summed E-state index contributed by atoms with van der Waals surface area (Å²) < 4.78 is 5.12. The van der Waals surface area contributed by atoms with Gasteiger partial charge in [0.05, 0.1) is 7.11 Å². The van der Waals surface area contributed by atoms with E-state index < -0.39 is 0 Å². The number of anilines is 1. The van der Waals surface area contributed by atoms with Crippen LogP contribution in [0, 0.1) is 0 Å². The summed E-state index contributed by atoms with van der Waals surface area (Å²) in [5, 5.41) is 3.35. The Morgan fingerprint density at radius 1 is 1.00 bits per heavy atom. The lowest BCUT2D eigenvalue weighted by Gasteiger charge is -2.06. The second-order valence-electron chi connectivity index (χ2n) is 3.76. The van der Waals surface area contributed by atoms with Crippen molar-refractivity contribution in [1.82, 2.24) is 4.98 Å². The third-order valence-corrected chi connectivity index (χ3v) is 2.58. The smallest absolute Gasteiger partial charge is 0.118 e.